The van der Waals surface area contributed by atoms with Crippen LogP contribution in [0.4, 0.5) is 5.69 Å². The number of ketones is 1. The molecule has 0 saturated carbocycles. The molecule has 0 radical (unpaired) electrons. The van der Waals surface area contributed by atoms with E-state index in [0.717, 1.165) is 5.69 Å². The summed E-state index contributed by atoms with van der Waals surface area (Å²) in [5.74, 6) is -0.0625. The smallest absolute Gasteiger partial charge is 0.512 e. The fraction of sp³-hybridized carbons (Fsp3) is 0.188. The van der Waals surface area contributed by atoms with Crippen molar-refractivity contribution < 1.29 is 31.0 Å². The summed E-state index contributed by atoms with van der Waals surface area (Å²) in [5, 5.41) is 17.0. The average molecular weight is 478 g/mol. The maximum absolute atomic E-state index is 10.0. The number of carbonyl (C=O) groups excluding carboxylic acids is 1. The molecular formula is C16H17N3O2Pt. The molecule has 1 aliphatic rings. The number of nitriles is 1. The van der Waals surface area contributed by atoms with Crippen molar-refractivity contribution in [3.8, 4) is 6.07 Å². The first-order valence-electron chi connectivity index (χ1n) is 6.25. The van der Waals surface area contributed by atoms with Crippen LogP contribution in [0.3, 0.4) is 0 Å². The Morgan fingerprint density at radius 1 is 1.41 bits per heavy atom. The quantitative estimate of drug-likeness (QED) is 0.402. The average Bonchev–Trinajstić information content (AvgIpc) is 2.85. The minimum atomic E-state index is -0.125. The van der Waals surface area contributed by atoms with Crippen molar-refractivity contribution in [2.24, 2.45) is 0 Å². The first-order valence-corrected chi connectivity index (χ1v) is 6.25. The Labute approximate surface area is 145 Å². The van der Waals surface area contributed by atoms with Crippen molar-refractivity contribution in [2.75, 3.05) is 11.9 Å². The van der Waals surface area contributed by atoms with Crippen molar-refractivity contribution in [3.05, 3.63) is 60.7 Å². The zero-order valence-corrected chi connectivity index (χ0v) is 14.8. The summed E-state index contributed by atoms with van der Waals surface area (Å²) in [6.07, 6.45) is 5.06. The van der Waals surface area contributed by atoms with E-state index in [1.807, 2.05) is 42.0 Å². The van der Waals surface area contributed by atoms with Crippen LogP contribution in [0.5, 0.6) is 0 Å². The molecule has 0 spiro atoms. The predicted octanol–water partition coefficient (Wildman–Crippen LogP) is 2.74. The van der Waals surface area contributed by atoms with E-state index in [2.05, 4.69) is 12.1 Å². The van der Waals surface area contributed by atoms with Gasteiger partial charge in [-0.3, -0.25) is 4.79 Å². The third-order valence-corrected chi connectivity index (χ3v) is 2.38. The van der Waals surface area contributed by atoms with E-state index >= 15 is 0 Å². The number of hydrogen-bond donors (Lipinski definition) is 1. The normalized spacial score (nSPS) is 12.9. The van der Waals surface area contributed by atoms with Gasteiger partial charge in [0.05, 0.1) is 5.76 Å². The predicted molar refractivity (Wildman–Crippen MR) is 80.7 cm³/mol. The SMILES string of the molecule is CC(=O)/C=C(/C)O.CN1C=CN(c2[c-]cc(C#N)cc2)[CH-]1.[Pt+2]. The number of benzene rings is 1. The van der Waals surface area contributed by atoms with E-state index in [9.17, 15) is 4.79 Å². The molecule has 2 rings (SSSR count). The monoisotopic (exact) mass is 478 g/mol. The third kappa shape index (κ3) is 7.10. The standard InChI is InChI=1S/C11H9N3.C5H8O2.Pt/c1-13-6-7-14(9-13)11-4-2-10(8-12)3-5-11;1-4(6)3-5(2)7;/h2-4,6-7,9H,1H3;3,6H,1-2H3;/q-2;;+2/b;4-3-;. The molecule has 0 unspecified atom stereocenters. The Morgan fingerprint density at radius 2 is 2.09 bits per heavy atom. The van der Waals surface area contributed by atoms with E-state index < -0.39 is 0 Å². The van der Waals surface area contributed by atoms with E-state index in [1.54, 1.807) is 12.1 Å². The van der Waals surface area contributed by atoms with Gasteiger partial charge in [-0.2, -0.15) is 24.9 Å². The van der Waals surface area contributed by atoms with Crippen LogP contribution in [0, 0.1) is 24.1 Å². The summed E-state index contributed by atoms with van der Waals surface area (Å²) in [7, 11) is 1.96. The van der Waals surface area contributed by atoms with Gasteiger partial charge in [-0.15, -0.1) is 11.8 Å². The maximum atomic E-state index is 10.0. The molecule has 0 atom stereocenters. The Kier molecular flexibility index (Phi) is 8.89. The molecule has 0 fully saturated rings. The topological polar surface area (TPSA) is 67.6 Å². The van der Waals surface area contributed by atoms with Crippen molar-refractivity contribution >= 4 is 11.5 Å². The number of nitrogens with zero attached hydrogens (tertiary/aromatic N) is 3. The van der Waals surface area contributed by atoms with Crippen molar-refractivity contribution in [2.45, 2.75) is 13.8 Å². The number of hydrogen-bond acceptors (Lipinski definition) is 5. The number of carbonyl (C=O) groups is 1. The molecule has 5 nitrogen and oxygen atoms in total. The molecule has 0 bridgehead atoms. The number of anilines is 1. The summed E-state index contributed by atoms with van der Waals surface area (Å²) in [6.45, 7) is 4.79. The zero-order valence-electron chi connectivity index (χ0n) is 12.6. The molecule has 118 valence electrons. The van der Waals surface area contributed by atoms with Gasteiger partial charge in [-0.1, -0.05) is 5.56 Å². The van der Waals surface area contributed by atoms with Gasteiger partial charge < -0.3 is 14.9 Å². The van der Waals surface area contributed by atoms with Gasteiger partial charge in [0.15, 0.2) is 5.78 Å². The second kappa shape index (κ2) is 9.81. The van der Waals surface area contributed by atoms with Gasteiger partial charge in [0, 0.05) is 12.1 Å². The minimum absolute atomic E-state index is 0. The molecule has 22 heavy (non-hydrogen) atoms. The molecule has 1 heterocycles. The van der Waals surface area contributed by atoms with Gasteiger partial charge in [0.2, 0.25) is 0 Å². The van der Waals surface area contributed by atoms with Crippen LogP contribution in [0.15, 0.2) is 42.4 Å². The number of allylic oxidation sites excluding steroid dienone is 2. The van der Waals surface area contributed by atoms with Crippen LogP contribution < -0.4 is 4.90 Å². The van der Waals surface area contributed by atoms with Gasteiger partial charge in [0.25, 0.3) is 0 Å². The van der Waals surface area contributed by atoms with Crippen LogP contribution in [0.1, 0.15) is 19.4 Å². The largest absolute Gasteiger partial charge is 2.00 e. The van der Waals surface area contributed by atoms with E-state index in [-0.39, 0.29) is 32.6 Å². The van der Waals surface area contributed by atoms with Crippen molar-refractivity contribution in [1.82, 2.24) is 4.90 Å². The molecule has 0 aromatic heterocycles. The Hall–Kier alpha value is -2.05. The second-order valence-electron chi connectivity index (χ2n) is 4.46. The Morgan fingerprint density at radius 3 is 2.41 bits per heavy atom. The Balaban J connectivity index is 0.000000478. The molecule has 1 aliphatic heterocycles. The van der Waals surface area contributed by atoms with Crippen molar-refractivity contribution in [1.29, 1.82) is 5.26 Å². The molecular weight excluding hydrogens is 461 g/mol. The fourth-order valence-electron chi connectivity index (χ4n) is 1.53. The molecule has 1 aromatic rings. The molecule has 1 N–H and O–H groups in total. The van der Waals surface area contributed by atoms with Crippen LogP contribution in [-0.2, 0) is 25.9 Å². The molecule has 0 amide bonds. The maximum Gasteiger partial charge on any atom is 2.00 e. The van der Waals surface area contributed by atoms with Crippen LogP contribution in [0.2, 0.25) is 0 Å². The summed E-state index contributed by atoms with van der Waals surface area (Å²) in [4.78, 5) is 13.9. The summed E-state index contributed by atoms with van der Waals surface area (Å²) >= 11 is 0. The van der Waals surface area contributed by atoms with Gasteiger partial charge >= 0.3 is 21.1 Å². The number of aliphatic hydroxyl groups is 1. The molecule has 0 aliphatic carbocycles. The summed E-state index contributed by atoms with van der Waals surface area (Å²) in [5.41, 5.74) is 1.56. The van der Waals surface area contributed by atoms with Gasteiger partial charge in [0.1, 0.15) is 0 Å². The van der Waals surface area contributed by atoms with Gasteiger partial charge in [-0.05, 0) is 33.3 Å². The van der Waals surface area contributed by atoms with E-state index in [0.29, 0.717) is 5.56 Å². The molecule has 1 aromatic carbocycles. The van der Waals surface area contributed by atoms with Crippen LogP contribution in [-0.4, -0.2) is 22.8 Å². The van der Waals surface area contributed by atoms with Crippen LogP contribution in [0.25, 0.3) is 0 Å². The summed E-state index contributed by atoms with van der Waals surface area (Å²) < 4.78 is 0. The first kappa shape index (κ1) is 19.9. The second-order valence-corrected chi connectivity index (χ2v) is 4.46. The molecule has 0 saturated heterocycles. The minimum Gasteiger partial charge on any atom is -0.512 e. The Bertz CT molecular complexity index is 584. The number of rotatable bonds is 2. The summed E-state index contributed by atoms with van der Waals surface area (Å²) in [6, 6.07) is 10.5. The third-order valence-electron chi connectivity index (χ3n) is 2.38. The van der Waals surface area contributed by atoms with Crippen LogP contribution >= 0.6 is 0 Å². The zero-order chi connectivity index (χ0) is 15.8. The van der Waals surface area contributed by atoms with E-state index in [1.165, 1.54) is 19.9 Å². The fourth-order valence-corrected chi connectivity index (χ4v) is 1.53. The van der Waals surface area contributed by atoms with Crippen molar-refractivity contribution in [3.63, 3.8) is 0 Å². The van der Waals surface area contributed by atoms with E-state index in [4.69, 9.17) is 10.4 Å². The molecule has 6 heteroatoms. The number of aliphatic hydroxyl groups excluding tert-OH is 1. The van der Waals surface area contributed by atoms with Gasteiger partial charge in [-0.25, -0.2) is 5.26 Å². The first-order chi connectivity index (χ1) is 9.92.